The van der Waals surface area contributed by atoms with Crippen molar-refractivity contribution in [2.45, 2.75) is 6.42 Å². The van der Waals surface area contributed by atoms with E-state index >= 15 is 0 Å². The largest absolute Gasteiger partial charge is 0.476 e. The van der Waals surface area contributed by atoms with E-state index in [9.17, 15) is 9.18 Å². The third kappa shape index (κ3) is 1.76. The van der Waals surface area contributed by atoms with Gasteiger partial charge in [-0.25, -0.2) is 9.78 Å². The molecule has 4 nitrogen and oxygen atoms in total. The molecule has 0 bridgehead atoms. The molecule has 0 aromatic carbocycles. The number of hydrogen-bond acceptors (Lipinski definition) is 3. The van der Waals surface area contributed by atoms with Gasteiger partial charge in [0.1, 0.15) is 6.26 Å². The van der Waals surface area contributed by atoms with Gasteiger partial charge in [-0.05, 0) is 0 Å². The number of aromatic nitrogens is 1. The van der Waals surface area contributed by atoms with Gasteiger partial charge in [-0.2, -0.15) is 0 Å². The molecule has 0 saturated carbocycles. The lowest BCUT2D eigenvalue weighted by molar-refractivity contribution is 0.0690. The molecule has 0 spiro atoms. The summed E-state index contributed by atoms with van der Waals surface area (Å²) in [6, 6.07) is 0. The lowest BCUT2D eigenvalue weighted by Crippen LogP contribution is -1.96. The smallest absolute Gasteiger partial charge is 0.357 e. The van der Waals surface area contributed by atoms with Gasteiger partial charge >= 0.3 is 5.97 Å². The first-order valence-corrected chi connectivity index (χ1v) is 2.97. The van der Waals surface area contributed by atoms with Gasteiger partial charge in [-0.15, -0.1) is 0 Å². The summed E-state index contributed by atoms with van der Waals surface area (Å²) in [5.74, 6) is -1.05. The summed E-state index contributed by atoms with van der Waals surface area (Å²) in [7, 11) is 0. The molecule has 0 unspecified atom stereocenters. The number of aryl methyl sites for hydroxylation is 1. The van der Waals surface area contributed by atoms with Crippen LogP contribution in [-0.4, -0.2) is 22.7 Å². The number of carboxylic acids is 1. The topological polar surface area (TPSA) is 63.3 Å². The Morgan fingerprint density at radius 3 is 3.00 bits per heavy atom. The van der Waals surface area contributed by atoms with Gasteiger partial charge < -0.3 is 9.52 Å². The zero-order valence-corrected chi connectivity index (χ0v) is 5.58. The highest BCUT2D eigenvalue weighted by Gasteiger charge is 2.09. The van der Waals surface area contributed by atoms with Crippen molar-refractivity contribution >= 4 is 5.97 Å². The third-order valence-corrected chi connectivity index (χ3v) is 1.08. The first-order valence-electron chi connectivity index (χ1n) is 2.97. The lowest BCUT2D eigenvalue weighted by Gasteiger charge is -1.83. The van der Waals surface area contributed by atoms with E-state index in [1.54, 1.807) is 0 Å². The summed E-state index contributed by atoms with van der Waals surface area (Å²) in [4.78, 5) is 13.7. The minimum atomic E-state index is -1.17. The van der Waals surface area contributed by atoms with E-state index in [1.807, 2.05) is 0 Å². The van der Waals surface area contributed by atoms with Gasteiger partial charge in [0.05, 0.1) is 13.1 Å². The molecule has 0 aliphatic carbocycles. The third-order valence-electron chi connectivity index (χ3n) is 1.08. The minimum absolute atomic E-state index is 0.0211. The Morgan fingerprint density at radius 2 is 2.55 bits per heavy atom. The van der Waals surface area contributed by atoms with Crippen molar-refractivity contribution in [2.75, 3.05) is 6.67 Å². The van der Waals surface area contributed by atoms with Crippen molar-refractivity contribution in [1.29, 1.82) is 0 Å². The van der Waals surface area contributed by atoms with E-state index in [1.165, 1.54) is 0 Å². The maximum Gasteiger partial charge on any atom is 0.357 e. The number of hydrogen-bond donors (Lipinski definition) is 1. The van der Waals surface area contributed by atoms with E-state index in [-0.39, 0.29) is 18.0 Å². The number of rotatable bonds is 3. The molecule has 0 aliphatic heterocycles. The van der Waals surface area contributed by atoms with Crippen LogP contribution in [0, 0.1) is 0 Å². The number of carbonyl (C=O) groups is 1. The number of carboxylic acid groups (broad SMARTS) is 1. The molecular formula is C6H6FNO3. The van der Waals surface area contributed by atoms with Crippen LogP contribution in [0.1, 0.15) is 16.4 Å². The fourth-order valence-corrected chi connectivity index (χ4v) is 0.605. The van der Waals surface area contributed by atoms with Gasteiger partial charge in [0.2, 0.25) is 0 Å². The SMILES string of the molecule is O=C(O)c1coc(CCF)n1. The van der Waals surface area contributed by atoms with E-state index < -0.39 is 12.6 Å². The highest BCUT2D eigenvalue weighted by atomic mass is 19.1. The highest BCUT2D eigenvalue weighted by Crippen LogP contribution is 2.02. The number of alkyl halides is 1. The molecule has 1 aromatic rings. The Morgan fingerprint density at radius 1 is 1.82 bits per heavy atom. The summed E-state index contributed by atoms with van der Waals surface area (Å²) in [6.45, 7) is -0.598. The van der Waals surface area contributed by atoms with E-state index in [2.05, 4.69) is 9.40 Å². The zero-order chi connectivity index (χ0) is 8.27. The van der Waals surface area contributed by atoms with Crippen LogP contribution in [0.3, 0.4) is 0 Å². The van der Waals surface area contributed by atoms with Crippen molar-refractivity contribution in [3.05, 3.63) is 17.8 Å². The van der Waals surface area contributed by atoms with Crippen molar-refractivity contribution in [2.24, 2.45) is 0 Å². The minimum Gasteiger partial charge on any atom is -0.476 e. The molecule has 60 valence electrons. The van der Waals surface area contributed by atoms with Crippen LogP contribution in [0.15, 0.2) is 10.7 Å². The molecule has 0 atom stereocenters. The van der Waals surface area contributed by atoms with Gasteiger partial charge in [-0.3, -0.25) is 4.39 Å². The Hall–Kier alpha value is -1.39. The van der Waals surface area contributed by atoms with E-state index in [0.29, 0.717) is 0 Å². The first kappa shape index (κ1) is 7.71. The van der Waals surface area contributed by atoms with Crippen LogP contribution >= 0.6 is 0 Å². The van der Waals surface area contributed by atoms with Gasteiger partial charge in [0, 0.05) is 0 Å². The van der Waals surface area contributed by atoms with Gasteiger partial charge in [0.15, 0.2) is 11.6 Å². The Balaban J connectivity index is 2.73. The van der Waals surface area contributed by atoms with E-state index in [4.69, 9.17) is 5.11 Å². The number of nitrogens with zero attached hydrogens (tertiary/aromatic N) is 1. The van der Waals surface area contributed by atoms with Crippen molar-refractivity contribution in [3.63, 3.8) is 0 Å². The highest BCUT2D eigenvalue weighted by molar-refractivity contribution is 5.84. The Bertz CT molecular complexity index is 258. The molecule has 11 heavy (non-hydrogen) atoms. The van der Waals surface area contributed by atoms with Gasteiger partial charge in [-0.1, -0.05) is 0 Å². The predicted molar refractivity (Wildman–Crippen MR) is 33.1 cm³/mol. The fourth-order valence-electron chi connectivity index (χ4n) is 0.605. The fraction of sp³-hybridized carbons (Fsp3) is 0.333. The maximum absolute atomic E-state index is 11.6. The second kappa shape index (κ2) is 3.14. The first-order chi connectivity index (χ1) is 5.24. The van der Waals surface area contributed by atoms with Gasteiger partial charge in [0.25, 0.3) is 0 Å². The van der Waals surface area contributed by atoms with Crippen LogP contribution in [0.4, 0.5) is 4.39 Å². The quantitative estimate of drug-likeness (QED) is 0.711. The number of aromatic carboxylic acids is 1. The molecule has 0 radical (unpaired) electrons. The summed E-state index contributed by atoms with van der Waals surface area (Å²) in [5, 5.41) is 8.35. The molecule has 0 fully saturated rings. The zero-order valence-electron chi connectivity index (χ0n) is 5.58. The van der Waals surface area contributed by atoms with Crippen molar-refractivity contribution in [3.8, 4) is 0 Å². The van der Waals surface area contributed by atoms with Crippen LogP contribution in [-0.2, 0) is 6.42 Å². The average molecular weight is 159 g/mol. The number of oxazole rings is 1. The summed E-state index contributed by atoms with van der Waals surface area (Å²) < 4.78 is 16.3. The monoisotopic (exact) mass is 159 g/mol. The second-order valence-corrected chi connectivity index (χ2v) is 1.87. The van der Waals surface area contributed by atoms with Crippen LogP contribution in [0.25, 0.3) is 0 Å². The number of halogens is 1. The Kier molecular flexibility index (Phi) is 2.20. The summed E-state index contributed by atoms with van der Waals surface area (Å²) in [5.41, 5.74) is -0.187. The summed E-state index contributed by atoms with van der Waals surface area (Å²) in [6.07, 6.45) is 1.01. The average Bonchev–Trinajstić information content (AvgIpc) is 2.37. The van der Waals surface area contributed by atoms with Crippen molar-refractivity contribution < 1.29 is 18.7 Å². The molecule has 1 heterocycles. The molecular weight excluding hydrogens is 153 g/mol. The van der Waals surface area contributed by atoms with Crippen LogP contribution in [0.5, 0.6) is 0 Å². The molecule has 1 N–H and O–H groups in total. The predicted octanol–water partition coefficient (Wildman–Crippen LogP) is 0.885. The normalized spacial score (nSPS) is 9.91. The molecule has 0 amide bonds. The Labute approximate surface area is 61.7 Å². The maximum atomic E-state index is 11.6. The van der Waals surface area contributed by atoms with Crippen molar-refractivity contribution in [1.82, 2.24) is 4.98 Å². The standard InChI is InChI=1S/C6H6FNO3/c7-2-1-5-8-4(3-11-5)6(9)10/h3H,1-2H2,(H,9,10). The molecule has 1 aromatic heterocycles. The second-order valence-electron chi connectivity index (χ2n) is 1.87. The lowest BCUT2D eigenvalue weighted by atomic mass is 10.4. The molecule has 1 rings (SSSR count). The molecule has 0 saturated heterocycles. The molecule has 5 heteroatoms. The molecule has 0 aliphatic rings. The van der Waals surface area contributed by atoms with Crippen LogP contribution < -0.4 is 0 Å². The summed E-state index contributed by atoms with van der Waals surface area (Å²) >= 11 is 0. The van der Waals surface area contributed by atoms with E-state index in [0.717, 1.165) is 6.26 Å². The van der Waals surface area contributed by atoms with Crippen LogP contribution in [0.2, 0.25) is 0 Å².